The van der Waals surface area contributed by atoms with E-state index in [9.17, 15) is 0 Å². The fourth-order valence-electron chi connectivity index (χ4n) is 1.15. The van der Waals surface area contributed by atoms with Gasteiger partial charge in [0.05, 0.1) is 0 Å². The minimum absolute atomic E-state index is 0.505. The van der Waals surface area contributed by atoms with Crippen LogP contribution in [0.15, 0.2) is 11.4 Å². The molecule has 1 aromatic heterocycles. The van der Waals surface area contributed by atoms with Crippen LogP contribution in [-0.2, 0) is 6.42 Å². The van der Waals surface area contributed by atoms with Crippen molar-refractivity contribution in [1.82, 2.24) is 5.32 Å². The highest BCUT2D eigenvalue weighted by atomic mass is 32.1. The molecule has 1 atom stereocenters. The quantitative estimate of drug-likeness (QED) is 0.733. The Hall–Kier alpha value is -0.340. The predicted octanol–water partition coefficient (Wildman–Crippen LogP) is 2.59. The van der Waals surface area contributed by atoms with Gasteiger partial charge < -0.3 is 5.32 Å². The van der Waals surface area contributed by atoms with Crippen molar-refractivity contribution in [3.05, 3.63) is 21.9 Å². The standard InChI is InChI=1S/C9H15NS/c1-4-8-5-6-11-9(8)7(2)10-3/h5-7,10H,4H2,1-3H3. The summed E-state index contributed by atoms with van der Waals surface area (Å²) in [5.41, 5.74) is 1.48. The van der Waals surface area contributed by atoms with Crippen molar-refractivity contribution in [2.24, 2.45) is 0 Å². The van der Waals surface area contributed by atoms with E-state index in [1.54, 1.807) is 0 Å². The fourth-order valence-corrected chi connectivity index (χ4v) is 2.22. The van der Waals surface area contributed by atoms with Gasteiger partial charge in [-0.15, -0.1) is 11.3 Å². The Labute approximate surface area is 72.4 Å². The van der Waals surface area contributed by atoms with Gasteiger partial charge in [-0.25, -0.2) is 0 Å². The molecule has 0 spiro atoms. The second-order valence-corrected chi connectivity index (χ2v) is 3.62. The Morgan fingerprint density at radius 2 is 2.36 bits per heavy atom. The molecule has 0 amide bonds. The summed E-state index contributed by atoms with van der Waals surface area (Å²) in [5, 5.41) is 5.42. The van der Waals surface area contributed by atoms with E-state index >= 15 is 0 Å². The molecule has 1 unspecified atom stereocenters. The molecule has 0 aliphatic rings. The zero-order chi connectivity index (χ0) is 8.27. The number of nitrogens with one attached hydrogen (secondary N) is 1. The van der Waals surface area contributed by atoms with Gasteiger partial charge in [0.1, 0.15) is 0 Å². The van der Waals surface area contributed by atoms with Crippen LogP contribution in [0, 0.1) is 0 Å². The molecular weight excluding hydrogens is 154 g/mol. The van der Waals surface area contributed by atoms with Gasteiger partial charge >= 0.3 is 0 Å². The zero-order valence-electron chi connectivity index (χ0n) is 7.35. The third-order valence-electron chi connectivity index (χ3n) is 1.99. The first-order chi connectivity index (χ1) is 5.29. The molecular formula is C9H15NS. The molecule has 1 aromatic rings. The average molecular weight is 169 g/mol. The van der Waals surface area contributed by atoms with Crippen molar-refractivity contribution in [2.75, 3.05) is 7.05 Å². The highest BCUT2D eigenvalue weighted by molar-refractivity contribution is 7.10. The summed E-state index contributed by atoms with van der Waals surface area (Å²) in [6, 6.07) is 2.72. The first-order valence-electron chi connectivity index (χ1n) is 4.03. The minimum atomic E-state index is 0.505. The number of thiophene rings is 1. The molecule has 1 heterocycles. The van der Waals surface area contributed by atoms with Crippen molar-refractivity contribution >= 4 is 11.3 Å². The molecule has 1 N–H and O–H groups in total. The number of hydrogen-bond acceptors (Lipinski definition) is 2. The molecule has 62 valence electrons. The third-order valence-corrected chi connectivity index (χ3v) is 3.13. The van der Waals surface area contributed by atoms with E-state index in [4.69, 9.17) is 0 Å². The SMILES string of the molecule is CCc1ccsc1C(C)NC. The number of aryl methyl sites for hydroxylation is 1. The average Bonchev–Trinajstić information content (AvgIpc) is 2.50. The molecule has 0 aliphatic heterocycles. The Morgan fingerprint density at radius 1 is 1.64 bits per heavy atom. The summed E-state index contributed by atoms with van der Waals surface area (Å²) >= 11 is 1.84. The van der Waals surface area contributed by atoms with Crippen LogP contribution in [0.1, 0.15) is 30.3 Å². The lowest BCUT2D eigenvalue weighted by Crippen LogP contribution is -2.12. The third kappa shape index (κ3) is 1.82. The van der Waals surface area contributed by atoms with Crippen LogP contribution in [0.5, 0.6) is 0 Å². The smallest absolute Gasteiger partial charge is 0.0386 e. The number of rotatable bonds is 3. The summed E-state index contributed by atoms with van der Waals surface area (Å²) in [5.74, 6) is 0. The predicted molar refractivity (Wildman–Crippen MR) is 51.2 cm³/mol. The lowest BCUT2D eigenvalue weighted by atomic mass is 10.1. The van der Waals surface area contributed by atoms with Crippen LogP contribution in [0.4, 0.5) is 0 Å². The Morgan fingerprint density at radius 3 is 2.91 bits per heavy atom. The normalized spacial score (nSPS) is 13.4. The summed E-state index contributed by atoms with van der Waals surface area (Å²) in [4.78, 5) is 1.48. The largest absolute Gasteiger partial charge is 0.313 e. The second kappa shape index (κ2) is 3.88. The summed E-state index contributed by atoms with van der Waals surface area (Å²) in [7, 11) is 2.00. The van der Waals surface area contributed by atoms with Gasteiger partial charge in [-0.2, -0.15) is 0 Å². The molecule has 0 bridgehead atoms. The van der Waals surface area contributed by atoms with Crippen LogP contribution < -0.4 is 5.32 Å². The molecule has 1 rings (SSSR count). The van der Waals surface area contributed by atoms with E-state index < -0.39 is 0 Å². The van der Waals surface area contributed by atoms with Crippen molar-refractivity contribution in [2.45, 2.75) is 26.3 Å². The van der Waals surface area contributed by atoms with Crippen LogP contribution in [0.2, 0.25) is 0 Å². The highest BCUT2D eigenvalue weighted by Gasteiger charge is 2.07. The van der Waals surface area contributed by atoms with Gasteiger partial charge in [0.2, 0.25) is 0 Å². The van der Waals surface area contributed by atoms with Crippen molar-refractivity contribution in [3.8, 4) is 0 Å². The molecule has 11 heavy (non-hydrogen) atoms. The Balaban J connectivity index is 2.83. The van der Waals surface area contributed by atoms with E-state index in [0.29, 0.717) is 6.04 Å². The Bertz CT molecular complexity index is 217. The van der Waals surface area contributed by atoms with Gasteiger partial charge in [-0.1, -0.05) is 6.92 Å². The fraction of sp³-hybridized carbons (Fsp3) is 0.556. The molecule has 0 radical (unpaired) electrons. The highest BCUT2D eigenvalue weighted by Crippen LogP contribution is 2.23. The van der Waals surface area contributed by atoms with Gasteiger partial charge in [0.25, 0.3) is 0 Å². The van der Waals surface area contributed by atoms with Crippen LogP contribution >= 0.6 is 11.3 Å². The molecule has 1 nitrogen and oxygen atoms in total. The van der Waals surface area contributed by atoms with Crippen molar-refractivity contribution in [3.63, 3.8) is 0 Å². The molecule has 0 aromatic carbocycles. The summed E-state index contributed by atoms with van der Waals surface area (Å²) in [6.07, 6.45) is 1.14. The van der Waals surface area contributed by atoms with Crippen LogP contribution in [0.3, 0.4) is 0 Å². The summed E-state index contributed by atoms with van der Waals surface area (Å²) < 4.78 is 0. The molecule has 0 aliphatic carbocycles. The van der Waals surface area contributed by atoms with E-state index in [-0.39, 0.29) is 0 Å². The molecule has 0 fully saturated rings. The van der Waals surface area contributed by atoms with E-state index in [1.807, 2.05) is 18.4 Å². The van der Waals surface area contributed by atoms with Gasteiger partial charge in [-0.05, 0) is 37.4 Å². The van der Waals surface area contributed by atoms with Gasteiger partial charge in [0, 0.05) is 10.9 Å². The van der Waals surface area contributed by atoms with Crippen molar-refractivity contribution < 1.29 is 0 Å². The van der Waals surface area contributed by atoms with Gasteiger partial charge in [0.15, 0.2) is 0 Å². The summed E-state index contributed by atoms with van der Waals surface area (Å²) in [6.45, 7) is 4.40. The monoisotopic (exact) mass is 169 g/mol. The van der Waals surface area contributed by atoms with Crippen LogP contribution in [0.25, 0.3) is 0 Å². The van der Waals surface area contributed by atoms with Crippen LogP contribution in [-0.4, -0.2) is 7.05 Å². The first kappa shape index (κ1) is 8.75. The van der Waals surface area contributed by atoms with E-state index in [1.165, 1.54) is 10.4 Å². The second-order valence-electron chi connectivity index (χ2n) is 2.67. The maximum Gasteiger partial charge on any atom is 0.0386 e. The first-order valence-corrected chi connectivity index (χ1v) is 4.91. The molecule has 2 heteroatoms. The van der Waals surface area contributed by atoms with E-state index in [2.05, 4.69) is 30.6 Å². The number of hydrogen-bond donors (Lipinski definition) is 1. The van der Waals surface area contributed by atoms with Crippen molar-refractivity contribution in [1.29, 1.82) is 0 Å². The lowest BCUT2D eigenvalue weighted by Gasteiger charge is -2.09. The topological polar surface area (TPSA) is 12.0 Å². The van der Waals surface area contributed by atoms with E-state index in [0.717, 1.165) is 6.42 Å². The maximum absolute atomic E-state index is 3.25. The Kier molecular flexibility index (Phi) is 3.09. The molecule has 0 saturated heterocycles. The zero-order valence-corrected chi connectivity index (χ0v) is 8.16. The maximum atomic E-state index is 3.25. The van der Waals surface area contributed by atoms with Gasteiger partial charge in [-0.3, -0.25) is 0 Å². The molecule has 0 saturated carbocycles. The lowest BCUT2D eigenvalue weighted by molar-refractivity contribution is 0.658. The minimum Gasteiger partial charge on any atom is -0.313 e.